The van der Waals surface area contributed by atoms with Crippen LogP contribution in [0.4, 0.5) is 0 Å². The third kappa shape index (κ3) is 6.83. The molecule has 0 saturated carbocycles. The molecule has 28 heavy (non-hydrogen) atoms. The number of amides is 2. The largest absolute Gasteiger partial charge is 0.492 e. The van der Waals surface area contributed by atoms with E-state index in [1.54, 1.807) is 24.3 Å². The van der Waals surface area contributed by atoms with Crippen LogP contribution in [0.15, 0.2) is 45.3 Å². The molecule has 0 radical (unpaired) electrons. The Labute approximate surface area is 181 Å². The predicted octanol–water partition coefficient (Wildman–Crippen LogP) is 4.39. The predicted molar refractivity (Wildman–Crippen MR) is 114 cm³/mol. The van der Waals surface area contributed by atoms with E-state index < -0.39 is 11.8 Å². The molecule has 150 valence electrons. The lowest BCUT2D eigenvalue weighted by Crippen LogP contribution is -2.44. The molecule has 0 heterocycles. The van der Waals surface area contributed by atoms with E-state index in [2.05, 4.69) is 42.7 Å². The number of halogens is 2. The highest BCUT2D eigenvalue weighted by Gasteiger charge is 2.15. The number of hydrazine groups is 1. The maximum absolute atomic E-state index is 12.5. The van der Waals surface area contributed by atoms with Crippen molar-refractivity contribution in [3.63, 3.8) is 0 Å². The molecule has 0 aliphatic carbocycles. The number of hydrogen-bond acceptors (Lipinski definition) is 4. The lowest BCUT2D eigenvalue weighted by atomic mass is 10.2. The van der Waals surface area contributed by atoms with Crippen LogP contribution < -0.4 is 20.3 Å². The molecule has 2 N–H and O–H groups in total. The number of aryl methyl sites for hydroxylation is 1. The molecule has 0 bridgehead atoms. The van der Waals surface area contributed by atoms with Gasteiger partial charge < -0.3 is 9.47 Å². The second-order valence-electron chi connectivity index (χ2n) is 6.55. The maximum atomic E-state index is 12.5. The van der Waals surface area contributed by atoms with E-state index in [-0.39, 0.29) is 6.61 Å². The van der Waals surface area contributed by atoms with Crippen LogP contribution in [0.2, 0.25) is 0 Å². The van der Waals surface area contributed by atoms with Gasteiger partial charge in [0.05, 0.1) is 12.2 Å². The summed E-state index contributed by atoms with van der Waals surface area (Å²) in [4.78, 5) is 24.5. The van der Waals surface area contributed by atoms with Gasteiger partial charge in [-0.25, -0.2) is 0 Å². The first-order valence-electron chi connectivity index (χ1n) is 8.66. The highest BCUT2D eigenvalue weighted by atomic mass is 79.9. The van der Waals surface area contributed by atoms with Crippen LogP contribution in [0.1, 0.15) is 29.8 Å². The first-order chi connectivity index (χ1) is 13.3. The molecule has 2 amide bonds. The fraction of sp³-hybridized carbons (Fsp3) is 0.300. The summed E-state index contributed by atoms with van der Waals surface area (Å²) in [5.41, 5.74) is 5.95. The SMILES string of the molecule is Cc1cc(Br)ccc1OCC(=O)NNC(=O)c1cc(Br)ccc1OCC(C)C. The van der Waals surface area contributed by atoms with Crippen LogP contribution in [0.3, 0.4) is 0 Å². The quantitative estimate of drug-likeness (QED) is 0.538. The van der Waals surface area contributed by atoms with E-state index >= 15 is 0 Å². The number of hydrogen-bond donors (Lipinski definition) is 2. The standard InChI is InChI=1S/C20H22Br2N2O4/c1-12(2)10-27-18-7-5-15(22)9-16(18)20(26)24-23-19(25)11-28-17-6-4-14(21)8-13(17)3/h4-9,12H,10-11H2,1-3H3,(H,23,25)(H,24,26). The molecule has 6 nitrogen and oxygen atoms in total. The second kappa shape index (κ2) is 10.5. The minimum atomic E-state index is -0.478. The summed E-state index contributed by atoms with van der Waals surface area (Å²) in [7, 11) is 0. The van der Waals surface area contributed by atoms with Gasteiger partial charge in [0.2, 0.25) is 0 Å². The Morgan fingerprint density at radius 1 is 0.964 bits per heavy atom. The van der Waals surface area contributed by atoms with Crippen molar-refractivity contribution in [1.82, 2.24) is 10.9 Å². The van der Waals surface area contributed by atoms with Gasteiger partial charge in [0, 0.05) is 8.95 Å². The molecular formula is C20H22Br2N2O4. The van der Waals surface area contributed by atoms with Crippen molar-refractivity contribution in [3.8, 4) is 11.5 Å². The van der Waals surface area contributed by atoms with Gasteiger partial charge in [-0.3, -0.25) is 20.4 Å². The van der Waals surface area contributed by atoms with Gasteiger partial charge in [0.25, 0.3) is 11.8 Å². The molecule has 8 heteroatoms. The Hall–Kier alpha value is -2.06. The second-order valence-corrected chi connectivity index (χ2v) is 8.38. The Morgan fingerprint density at radius 2 is 1.61 bits per heavy atom. The summed E-state index contributed by atoms with van der Waals surface area (Å²) in [6, 6.07) is 10.6. The summed E-state index contributed by atoms with van der Waals surface area (Å²) >= 11 is 6.71. The average Bonchev–Trinajstić information content (AvgIpc) is 2.64. The van der Waals surface area contributed by atoms with Crippen LogP contribution in [0.5, 0.6) is 11.5 Å². The van der Waals surface area contributed by atoms with Gasteiger partial charge in [-0.1, -0.05) is 45.7 Å². The van der Waals surface area contributed by atoms with Crippen LogP contribution in [-0.2, 0) is 4.79 Å². The summed E-state index contributed by atoms with van der Waals surface area (Å²) < 4.78 is 12.8. The lowest BCUT2D eigenvalue weighted by Gasteiger charge is -2.14. The van der Waals surface area contributed by atoms with E-state index in [4.69, 9.17) is 9.47 Å². The fourth-order valence-corrected chi connectivity index (χ4v) is 3.05. The monoisotopic (exact) mass is 512 g/mol. The van der Waals surface area contributed by atoms with Crippen molar-refractivity contribution in [2.45, 2.75) is 20.8 Å². The normalized spacial score (nSPS) is 10.5. The van der Waals surface area contributed by atoms with Crippen molar-refractivity contribution in [2.24, 2.45) is 5.92 Å². The molecule has 0 fully saturated rings. The van der Waals surface area contributed by atoms with Crippen molar-refractivity contribution in [1.29, 1.82) is 0 Å². The first kappa shape index (κ1) is 22.2. The molecular weight excluding hydrogens is 492 g/mol. The minimum absolute atomic E-state index is 0.224. The van der Waals surface area contributed by atoms with E-state index in [0.29, 0.717) is 29.6 Å². The number of ether oxygens (including phenoxy) is 2. The summed E-state index contributed by atoms with van der Waals surface area (Å²) in [6.45, 7) is 6.18. The van der Waals surface area contributed by atoms with Gasteiger partial charge >= 0.3 is 0 Å². The number of carbonyl (C=O) groups is 2. The number of carbonyl (C=O) groups excluding carboxylic acids is 2. The Morgan fingerprint density at radius 3 is 2.25 bits per heavy atom. The van der Waals surface area contributed by atoms with Gasteiger partial charge in [0.15, 0.2) is 6.61 Å². The fourth-order valence-electron chi connectivity index (χ4n) is 2.21. The Kier molecular flexibility index (Phi) is 8.32. The van der Waals surface area contributed by atoms with E-state index in [1.165, 1.54) is 0 Å². The zero-order valence-corrected chi connectivity index (χ0v) is 19.0. The zero-order valence-electron chi connectivity index (χ0n) is 15.8. The van der Waals surface area contributed by atoms with E-state index in [9.17, 15) is 9.59 Å². The van der Waals surface area contributed by atoms with Crippen LogP contribution >= 0.6 is 31.9 Å². The molecule has 0 unspecified atom stereocenters. The molecule has 2 rings (SSSR count). The maximum Gasteiger partial charge on any atom is 0.276 e. The molecule has 0 saturated heterocycles. The van der Waals surface area contributed by atoms with Crippen molar-refractivity contribution < 1.29 is 19.1 Å². The molecule has 0 aliphatic heterocycles. The van der Waals surface area contributed by atoms with Gasteiger partial charge in [0.1, 0.15) is 11.5 Å². The zero-order chi connectivity index (χ0) is 20.7. The molecule has 0 aliphatic rings. The number of rotatable bonds is 7. The Bertz CT molecular complexity index is 856. The number of nitrogens with one attached hydrogen (secondary N) is 2. The smallest absolute Gasteiger partial charge is 0.276 e. The third-order valence-corrected chi connectivity index (χ3v) is 4.56. The summed E-state index contributed by atoms with van der Waals surface area (Å²) in [5.74, 6) is 0.411. The molecule has 0 aromatic heterocycles. The van der Waals surface area contributed by atoms with Crippen molar-refractivity contribution in [3.05, 3.63) is 56.5 Å². The van der Waals surface area contributed by atoms with Crippen LogP contribution in [0.25, 0.3) is 0 Å². The highest BCUT2D eigenvalue weighted by molar-refractivity contribution is 9.10. The molecule has 0 spiro atoms. The van der Waals surface area contributed by atoms with Gasteiger partial charge in [-0.05, 0) is 54.8 Å². The topological polar surface area (TPSA) is 76.7 Å². The molecule has 2 aromatic carbocycles. The molecule has 0 atom stereocenters. The van der Waals surface area contributed by atoms with E-state index in [1.807, 2.05) is 32.9 Å². The van der Waals surface area contributed by atoms with Gasteiger partial charge in [-0.2, -0.15) is 0 Å². The van der Waals surface area contributed by atoms with E-state index in [0.717, 1.165) is 14.5 Å². The average molecular weight is 514 g/mol. The Balaban J connectivity index is 1.92. The third-order valence-electron chi connectivity index (χ3n) is 3.57. The van der Waals surface area contributed by atoms with Crippen molar-refractivity contribution in [2.75, 3.05) is 13.2 Å². The van der Waals surface area contributed by atoms with Gasteiger partial charge in [-0.15, -0.1) is 0 Å². The minimum Gasteiger partial charge on any atom is -0.492 e. The lowest BCUT2D eigenvalue weighted by molar-refractivity contribution is -0.123. The summed E-state index contributed by atoms with van der Waals surface area (Å²) in [6.07, 6.45) is 0. The summed E-state index contributed by atoms with van der Waals surface area (Å²) in [5, 5.41) is 0. The molecule has 2 aromatic rings. The van der Waals surface area contributed by atoms with Crippen LogP contribution in [-0.4, -0.2) is 25.0 Å². The number of benzene rings is 2. The highest BCUT2D eigenvalue weighted by Crippen LogP contribution is 2.24. The van der Waals surface area contributed by atoms with Crippen molar-refractivity contribution >= 4 is 43.7 Å². The first-order valence-corrected chi connectivity index (χ1v) is 10.3. The van der Waals surface area contributed by atoms with Crippen LogP contribution in [0, 0.1) is 12.8 Å².